The van der Waals surface area contributed by atoms with Crippen molar-refractivity contribution in [3.63, 3.8) is 0 Å². The van der Waals surface area contributed by atoms with Crippen LogP contribution in [-0.2, 0) is 10.8 Å². The Kier molecular flexibility index (Phi) is 6.69. The third-order valence-corrected chi connectivity index (χ3v) is 4.26. The zero-order valence-corrected chi connectivity index (χ0v) is 11.9. The predicted molar refractivity (Wildman–Crippen MR) is 69.7 cm³/mol. The number of hydrogen-bond acceptors (Lipinski definition) is 2. The van der Waals surface area contributed by atoms with Gasteiger partial charge in [0.05, 0.1) is 0 Å². The summed E-state index contributed by atoms with van der Waals surface area (Å²) in [6.45, 7) is 13.8. The van der Waals surface area contributed by atoms with E-state index in [1.165, 1.54) is 0 Å². The van der Waals surface area contributed by atoms with Gasteiger partial charge in [0.15, 0.2) is 0 Å². The Balaban J connectivity index is 4.31. The average molecular weight is 233 g/mol. The lowest BCUT2D eigenvalue weighted by Gasteiger charge is -2.31. The summed E-state index contributed by atoms with van der Waals surface area (Å²) < 4.78 is 11.8. The highest BCUT2D eigenvalue weighted by Crippen LogP contribution is 2.20. The van der Waals surface area contributed by atoms with Crippen molar-refractivity contribution in [3.8, 4) is 0 Å². The van der Waals surface area contributed by atoms with Gasteiger partial charge in [-0.25, -0.2) is 0 Å². The van der Waals surface area contributed by atoms with E-state index >= 15 is 0 Å². The minimum atomic E-state index is -0.714. The van der Waals surface area contributed by atoms with E-state index in [1.807, 2.05) is 13.8 Å². The van der Waals surface area contributed by atoms with Crippen molar-refractivity contribution >= 4 is 10.8 Å². The van der Waals surface area contributed by atoms with Crippen molar-refractivity contribution in [2.24, 2.45) is 5.41 Å². The molecule has 0 aliphatic carbocycles. The average Bonchev–Trinajstić information content (AvgIpc) is 2.09. The quantitative estimate of drug-likeness (QED) is 0.764. The van der Waals surface area contributed by atoms with E-state index in [0.29, 0.717) is 6.04 Å². The molecule has 0 spiro atoms. The molecular weight excluding hydrogens is 206 g/mol. The molecule has 0 saturated carbocycles. The Morgan fingerprint density at radius 1 is 1.27 bits per heavy atom. The third-order valence-electron chi connectivity index (χ3n) is 2.54. The summed E-state index contributed by atoms with van der Waals surface area (Å²) in [4.78, 5) is 0. The molecule has 15 heavy (non-hydrogen) atoms. The number of hydrogen-bond donors (Lipinski definition) is 1. The van der Waals surface area contributed by atoms with Crippen LogP contribution in [-0.4, -0.2) is 27.8 Å². The van der Waals surface area contributed by atoms with Crippen LogP contribution < -0.4 is 5.32 Å². The van der Waals surface area contributed by atoms with Gasteiger partial charge in [-0.2, -0.15) is 0 Å². The van der Waals surface area contributed by atoms with Crippen LogP contribution in [0.1, 0.15) is 48.0 Å². The van der Waals surface area contributed by atoms with Gasteiger partial charge >= 0.3 is 0 Å². The summed E-state index contributed by atoms with van der Waals surface area (Å²) in [7, 11) is -0.714. The first-order valence-corrected chi connectivity index (χ1v) is 7.27. The Bertz CT molecular complexity index is 196. The summed E-state index contributed by atoms with van der Waals surface area (Å²) in [6.07, 6.45) is 1.13. The SMILES string of the molecule is CCCNC(CS(=O)C(C)C)C(C)(C)C. The second kappa shape index (κ2) is 6.64. The lowest BCUT2D eigenvalue weighted by Crippen LogP contribution is -2.45. The van der Waals surface area contributed by atoms with Gasteiger partial charge < -0.3 is 5.32 Å². The smallest absolute Gasteiger partial charge is 0.0396 e. The van der Waals surface area contributed by atoms with Crippen LogP contribution in [0.2, 0.25) is 0 Å². The van der Waals surface area contributed by atoms with Crippen molar-refractivity contribution in [2.45, 2.75) is 59.3 Å². The molecule has 0 aliphatic heterocycles. The van der Waals surface area contributed by atoms with Gasteiger partial charge in [-0.1, -0.05) is 41.5 Å². The van der Waals surface area contributed by atoms with E-state index < -0.39 is 10.8 Å². The number of nitrogens with one attached hydrogen (secondary N) is 1. The zero-order chi connectivity index (χ0) is 12.1. The molecule has 0 radical (unpaired) electrons. The molecule has 0 aliphatic rings. The first kappa shape index (κ1) is 15.1. The van der Waals surface area contributed by atoms with Gasteiger partial charge in [0.1, 0.15) is 0 Å². The molecule has 2 nitrogen and oxygen atoms in total. The summed E-state index contributed by atoms with van der Waals surface area (Å²) in [5.74, 6) is 0.765. The largest absolute Gasteiger partial charge is 0.313 e. The molecule has 0 aromatic carbocycles. The second-order valence-electron chi connectivity index (χ2n) is 5.47. The first-order chi connectivity index (χ1) is 6.79. The van der Waals surface area contributed by atoms with Gasteiger partial charge in [0, 0.05) is 27.8 Å². The molecule has 2 unspecified atom stereocenters. The van der Waals surface area contributed by atoms with Crippen LogP contribution in [0, 0.1) is 5.41 Å². The molecule has 2 atom stereocenters. The van der Waals surface area contributed by atoms with Gasteiger partial charge in [0.2, 0.25) is 0 Å². The van der Waals surface area contributed by atoms with Crippen molar-refractivity contribution in [1.82, 2.24) is 5.32 Å². The Morgan fingerprint density at radius 2 is 1.80 bits per heavy atom. The van der Waals surface area contributed by atoms with Crippen molar-refractivity contribution < 1.29 is 4.21 Å². The molecule has 0 rings (SSSR count). The molecule has 0 saturated heterocycles. The maximum atomic E-state index is 11.8. The minimum absolute atomic E-state index is 0.180. The van der Waals surface area contributed by atoms with E-state index in [-0.39, 0.29) is 10.7 Å². The van der Waals surface area contributed by atoms with E-state index in [2.05, 4.69) is 33.0 Å². The minimum Gasteiger partial charge on any atom is -0.313 e. The van der Waals surface area contributed by atoms with E-state index in [4.69, 9.17) is 0 Å². The van der Waals surface area contributed by atoms with Gasteiger partial charge in [-0.15, -0.1) is 0 Å². The third kappa shape index (κ3) is 6.31. The molecule has 0 amide bonds. The summed E-state index contributed by atoms with van der Waals surface area (Å²) in [6, 6.07) is 0.348. The summed E-state index contributed by atoms with van der Waals surface area (Å²) >= 11 is 0. The topological polar surface area (TPSA) is 29.1 Å². The highest BCUT2D eigenvalue weighted by atomic mass is 32.2. The summed E-state index contributed by atoms with van der Waals surface area (Å²) in [5, 5.41) is 3.76. The van der Waals surface area contributed by atoms with Crippen LogP contribution in [0.3, 0.4) is 0 Å². The van der Waals surface area contributed by atoms with E-state index in [1.54, 1.807) is 0 Å². The lowest BCUT2D eigenvalue weighted by molar-refractivity contribution is 0.290. The van der Waals surface area contributed by atoms with Crippen LogP contribution in [0.25, 0.3) is 0 Å². The fourth-order valence-corrected chi connectivity index (χ4v) is 2.62. The Morgan fingerprint density at radius 3 is 2.13 bits per heavy atom. The fourth-order valence-electron chi connectivity index (χ4n) is 1.29. The Labute approximate surface area is 97.7 Å². The standard InChI is InChI=1S/C12H27NOS/c1-7-8-13-11(12(4,5)6)9-15(14)10(2)3/h10-11,13H,7-9H2,1-6H3. The molecule has 0 fully saturated rings. The van der Waals surface area contributed by atoms with E-state index in [0.717, 1.165) is 18.7 Å². The van der Waals surface area contributed by atoms with Gasteiger partial charge in [0.25, 0.3) is 0 Å². The number of rotatable bonds is 6. The molecule has 92 valence electrons. The molecule has 3 heteroatoms. The van der Waals surface area contributed by atoms with Gasteiger partial charge in [-0.05, 0) is 18.4 Å². The molecular formula is C12H27NOS. The zero-order valence-electron chi connectivity index (χ0n) is 11.1. The van der Waals surface area contributed by atoms with Crippen LogP contribution in [0.5, 0.6) is 0 Å². The normalized spacial score (nSPS) is 16.7. The van der Waals surface area contributed by atoms with Crippen molar-refractivity contribution in [3.05, 3.63) is 0 Å². The second-order valence-corrected chi connectivity index (χ2v) is 7.51. The highest BCUT2D eigenvalue weighted by molar-refractivity contribution is 7.85. The van der Waals surface area contributed by atoms with Crippen molar-refractivity contribution in [2.75, 3.05) is 12.3 Å². The molecule has 0 aromatic heterocycles. The fraction of sp³-hybridized carbons (Fsp3) is 1.00. The molecule has 1 N–H and O–H groups in total. The van der Waals surface area contributed by atoms with Gasteiger partial charge in [-0.3, -0.25) is 4.21 Å². The molecule has 0 bridgehead atoms. The highest BCUT2D eigenvalue weighted by Gasteiger charge is 2.26. The first-order valence-electron chi connectivity index (χ1n) is 5.89. The molecule has 0 aromatic rings. The summed E-state index contributed by atoms with van der Waals surface area (Å²) in [5.41, 5.74) is 0.180. The van der Waals surface area contributed by atoms with Crippen molar-refractivity contribution in [1.29, 1.82) is 0 Å². The van der Waals surface area contributed by atoms with Crippen LogP contribution in [0.4, 0.5) is 0 Å². The Hall–Kier alpha value is 0.110. The van der Waals surface area contributed by atoms with Crippen LogP contribution >= 0.6 is 0 Å². The monoisotopic (exact) mass is 233 g/mol. The molecule has 0 heterocycles. The predicted octanol–water partition coefficient (Wildman–Crippen LogP) is 2.56. The van der Waals surface area contributed by atoms with Crippen LogP contribution in [0.15, 0.2) is 0 Å². The van der Waals surface area contributed by atoms with E-state index in [9.17, 15) is 4.21 Å². The lowest BCUT2D eigenvalue weighted by atomic mass is 9.88. The maximum absolute atomic E-state index is 11.8. The maximum Gasteiger partial charge on any atom is 0.0396 e.